The van der Waals surface area contributed by atoms with E-state index in [1.165, 1.54) is 12.1 Å². The molecule has 144 valence electrons. The van der Waals surface area contributed by atoms with Gasteiger partial charge in [-0.2, -0.15) is 0 Å². The number of carbonyl (C=O) groups is 1. The first-order chi connectivity index (χ1) is 12.7. The second-order valence-corrected chi connectivity index (χ2v) is 7.71. The van der Waals surface area contributed by atoms with E-state index in [9.17, 15) is 14.3 Å². The first-order valence-corrected chi connectivity index (χ1v) is 8.96. The number of benzene rings is 1. The summed E-state index contributed by atoms with van der Waals surface area (Å²) in [5.41, 5.74) is -0.282. The van der Waals surface area contributed by atoms with Crippen molar-refractivity contribution < 1.29 is 19.0 Å². The molecule has 2 aliphatic rings. The number of phenolic OH excluding ortho intramolecular Hbond substituents is 1. The van der Waals surface area contributed by atoms with Crippen LogP contribution in [0, 0.1) is 0 Å². The average Bonchev–Trinajstić information content (AvgIpc) is 2.55. The summed E-state index contributed by atoms with van der Waals surface area (Å²) in [6, 6.07) is 4.45. The molecule has 0 saturated carbocycles. The van der Waals surface area contributed by atoms with Gasteiger partial charge in [0.2, 0.25) is 0 Å². The van der Waals surface area contributed by atoms with Crippen molar-refractivity contribution >= 4 is 6.03 Å². The second-order valence-electron chi connectivity index (χ2n) is 7.71. The number of halogens is 1. The third-order valence-corrected chi connectivity index (χ3v) is 4.93. The molecule has 0 radical (unpaired) electrons. The molecule has 0 bridgehead atoms. The summed E-state index contributed by atoms with van der Waals surface area (Å²) in [4.78, 5) is 12.3. The van der Waals surface area contributed by atoms with E-state index in [1.807, 2.05) is 13.8 Å². The minimum Gasteiger partial charge on any atom is -0.508 e. The zero-order chi connectivity index (χ0) is 19.8. The van der Waals surface area contributed by atoms with Crippen molar-refractivity contribution in [1.29, 1.82) is 0 Å². The molecule has 3 N–H and O–H groups in total. The van der Waals surface area contributed by atoms with Crippen molar-refractivity contribution in [2.24, 2.45) is 0 Å². The lowest BCUT2D eigenvalue weighted by molar-refractivity contribution is -0.0239. The number of aromatic hydroxyl groups is 1. The lowest BCUT2D eigenvalue weighted by atomic mass is 9.76. The van der Waals surface area contributed by atoms with Gasteiger partial charge in [0, 0.05) is 35.9 Å². The zero-order valence-corrected chi connectivity index (χ0v) is 15.8. The maximum atomic E-state index is 14.7. The second kappa shape index (κ2) is 6.76. The Bertz CT molecular complexity index is 844. The molecule has 1 fully saturated rings. The molecule has 2 aliphatic heterocycles. The van der Waals surface area contributed by atoms with E-state index in [4.69, 9.17) is 4.74 Å². The number of phenols is 1. The van der Waals surface area contributed by atoms with Crippen LogP contribution in [0.4, 0.5) is 9.18 Å². The molecule has 1 saturated heterocycles. The number of carbonyl (C=O) groups excluding carboxylic acids is 1. The third kappa shape index (κ3) is 3.70. The van der Waals surface area contributed by atoms with E-state index in [2.05, 4.69) is 17.2 Å². The fourth-order valence-corrected chi connectivity index (χ4v) is 4.06. The minimum absolute atomic E-state index is 0.0461. The van der Waals surface area contributed by atoms with Crippen molar-refractivity contribution in [2.75, 3.05) is 0 Å². The molecule has 2 heterocycles. The van der Waals surface area contributed by atoms with E-state index in [0.717, 1.165) is 5.56 Å². The molecule has 6 heteroatoms. The molecule has 2 atom stereocenters. The van der Waals surface area contributed by atoms with Gasteiger partial charge in [0.1, 0.15) is 17.3 Å². The van der Waals surface area contributed by atoms with E-state index in [0.29, 0.717) is 24.2 Å². The van der Waals surface area contributed by atoms with Gasteiger partial charge in [0.15, 0.2) is 5.72 Å². The summed E-state index contributed by atoms with van der Waals surface area (Å²) < 4.78 is 20.9. The number of ether oxygens (including phenoxy) is 1. The van der Waals surface area contributed by atoms with E-state index >= 15 is 0 Å². The molecule has 27 heavy (non-hydrogen) atoms. The molecular formula is C21H25FN2O3. The molecule has 1 aromatic rings. The highest BCUT2D eigenvalue weighted by atomic mass is 19.1. The van der Waals surface area contributed by atoms with Crippen molar-refractivity contribution in [3.8, 4) is 11.5 Å². The maximum absolute atomic E-state index is 14.7. The molecule has 1 spiro atoms. The number of allylic oxidation sites excluding steroid dienone is 5. The number of nitrogens with one attached hydrogen (secondary N) is 2. The Morgan fingerprint density at radius 1 is 1.41 bits per heavy atom. The Kier molecular flexibility index (Phi) is 4.76. The maximum Gasteiger partial charge on any atom is 0.318 e. The first-order valence-electron chi connectivity index (χ1n) is 8.96. The van der Waals surface area contributed by atoms with Gasteiger partial charge < -0.3 is 20.5 Å². The molecule has 1 aromatic carbocycles. The van der Waals surface area contributed by atoms with E-state index in [1.54, 1.807) is 31.2 Å². The van der Waals surface area contributed by atoms with Crippen LogP contribution in [0.15, 0.2) is 54.4 Å². The predicted molar refractivity (Wildman–Crippen MR) is 102 cm³/mol. The summed E-state index contributed by atoms with van der Waals surface area (Å²) in [6.07, 6.45) is 5.44. The standard InChI is InChI=1S/C21H25FN2O3/c1-5-7-14(17(22)6-2)16-11-21(12-20(3,4)23-19(26)24-21)27-18-10-13(25)8-9-15(16)18/h5-10,16,25H,1,11-12H2,2-4H3,(H2,23,24,26)/b14-7-,17-6+. The quantitative estimate of drug-likeness (QED) is 0.688. The monoisotopic (exact) mass is 372 g/mol. The molecule has 2 amide bonds. The third-order valence-electron chi connectivity index (χ3n) is 4.93. The fourth-order valence-electron chi connectivity index (χ4n) is 4.06. The van der Waals surface area contributed by atoms with Crippen LogP contribution in [0.2, 0.25) is 0 Å². The van der Waals surface area contributed by atoms with Crippen molar-refractivity contribution in [3.05, 3.63) is 60.0 Å². The van der Waals surface area contributed by atoms with Gasteiger partial charge in [-0.1, -0.05) is 30.9 Å². The van der Waals surface area contributed by atoms with Gasteiger partial charge in [-0.05, 0) is 32.4 Å². The number of rotatable bonds is 3. The largest absolute Gasteiger partial charge is 0.508 e. The van der Waals surface area contributed by atoms with Crippen molar-refractivity contribution in [2.45, 2.75) is 50.8 Å². The van der Waals surface area contributed by atoms with E-state index in [-0.39, 0.29) is 23.5 Å². The summed E-state index contributed by atoms with van der Waals surface area (Å²) in [6.45, 7) is 9.16. The van der Waals surface area contributed by atoms with Crippen molar-refractivity contribution in [1.82, 2.24) is 10.6 Å². The number of urea groups is 1. The number of amides is 2. The van der Waals surface area contributed by atoms with Crippen LogP contribution in [0.5, 0.6) is 11.5 Å². The van der Waals surface area contributed by atoms with Gasteiger partial charge in [-0.3, -0.25) is 0 Å². The predicted octanol–water partition coefficient (Wildman–Crippen LogP) is 4.42. The van der Waals surface area contributed by atoms with Gasteiger partial charge in [-0.15, -0.1) is 0 Å². The number of fused-ring (bicyclic) bond motifs is 1. The van der Waals surface area contributed by atoms with Gasteiger partial charge in [0.05, 0.1) is 0 Å². The van der Waals surface area contributed by atoms with Gasteiger partial charge in [-0.25, -0.2) is 9.18 Å². The van der Waals surface area contributed by atoms with Gasteiger partial charge >= 0.3 is 6.03 Å². The van der Waals surface area contributed by atoms with Crippen LogP contribution in [0.25, 0.3) is 0 Å². The lowest BCUT2D eigenvalue weighted by Crippen LogP contribution is -2.69. The van der Waals surface area contributed by atoms with Crippen LogP contribution >= 0.6 is 0 Å². The van der Waals surface area contributed by atoms with Gasteiger partial charge in [0.25, 0.3) is 0 Å². The summed E-state index contributed by atoms with van der Waals surface area (Å²) >= 11 is 0. The first kappa shape index (κ1) is 19.0. The van der Waals surface area contributed by atoms with Crippen LogP contribution in [-0.4, -0.2) is 22.4 Å². The molecule has 0 aromatic heterocycles. The minimum atomic E-state index is -1.01. The topological polar surface area (TPSA) is 70.6 Å². The van der Waals surface area contributed by atoms with Crippen LogP contribution in [-0.2, 0) is 0 Å². The van der Waals surface area contributed by atoms with E-state index < -0.39 is 11.3 Å². The Labute approximate surface area is 158 Å². The Morgan fingerprint density at radius 2 is 2.15 bits per heavy atom. The Balaban J connectivity index is 2.14. The summed E-state index contributed by atoms with van der Waals surface area (Å²) in [5.74, 6) is -0.235. The smallest absolute Gasteiger partial charge is 0.318 e. The van der Waals surface area contributed by atoms with Crippen LogP contribution < -0.4 is 15.4 Å². The molecule has 0 aliphatic carbocycles. The average molecular weight is 372 g/mol. The molecule has 2 unspecified atom stereocenters. The SMILES string of the molecule is C=C/C=C(\C(F)=C/C)C1CC2(CC(C)(C)NC(=O)N2)Oc2cc(O)ccc21. The lowest BCUT2D eigenvalue weighted by Gasteiger charge is -2.49. The van der Waals surface area contributed by atoms with Crippen molar-refractivity contribution in [3.63, 3.8) is 0 Å². The number of hydrogen-bond donors (Lipinski definition) is 3. The zero-order valence-electron chi connectivity index (χ0n) is 15.8. The molecule has 5 nitrogen and oxygen atoms in total. The summed E-state index contributed by atoms with van der Waals surface area (Å²) in [5, 5.41) is 15.7. The molecule has 3 rings (SSSR count). The highest BCUT2D eigenvalue weighted by Gasteiger charge is 2.50. The normalized spacial score (nSPS) is 27.3. The Morgan fingerprint density at radius 3 is 2.78 bits per heavy atom. The van der Waals surface area contributed by atoms with Crippen LogP contribution in [0.3, 0.4) is 0 Å². The highest BCUT2D eigenvalue weighted by Crippen LogP contribution is 2.49. The highest BCUT2D eigenvalue weighted by molar-refractivity contribution is 5.77. The number of hydrogen-bond acceptors (Lipinski definition) is 3. The molecular weight excluding hydrogens is 347 g/mol. The fraction of sp³-hybridized carbons (Fsp3) is 0.381. The Hall–Kier alpha value is -2.76. The van der Waals surface area contributed by atoms with Crippen LogP contribution in [0.1, 0.15) is 45.1 Å². The summed E-state index contributed by atoms with van der Waals surface area (Å²) in [7, 11) is 0.